The summed E-state index contributed by atoms with van der Waals surface area (Å²) in [5.41, 5.74) is 1.01. The number of carbonyl (C=O) groups is 2. The lowest BCUT2D eigenvalue weighted by molar-refractivity contribution is -0.892. The standard InChI is InChI=1S/C20H25N5O5/c1-22(14-19(26)21-13-18-3-2-12-30-18)20(27)15-23-8-10-24(11-9-23)16-4-6-17(7-5-16)25(28)29/h2-7,12H,8-11,13-15H2,1H3,(H,21,26)/p+1. The third-order valence-electron chi connectivity index (χ3n) is 5.14. The Labute approximate surface area is 174 Å². The van der Waals surface area contributed by atoms with Gasteiger partial charge >= 0.3 is 0 Å². The van der Waals surface area contributed by atoms with Crippen LogP contribution in [0.3, 0.4) is 0 Å². The van der Waals surface area contributed by atoms with Crippen LogP contribution in [0.4, 0.5) is 11.4 Å². The van der Waals surface area contributed by atoms with Gasteiger partial charge in [-0.25, -0.2) is 0 Å². The summed E-state index contributed by atoms with van der Waals surface area (Å²) in [6.07, 6.45) is 1.54. The highest BCUT2D eigenvalue weighted by molar-refractivity contribution is 5.84. The average Bonchev–Trinajstić information content (AvgIpc) is 3.26. The quantitative estimate of drug-likeness (QED) is 0.450. The smallest absolute Gasteiger partial charge is 0.277 e. The van der Waals surface area contributed by atoms with Gasteiger partial charge in [0.15, 0.2) is 6.54 Å². The molecule has 1 aliphatic rings. The van der Waals surface area contributed by atoms with Crippen molar-refractivity contribution in [2.24, 2.45) is 0 Å². The molecule has 2 amide bonds. The molecule has 1 saturated heterocycles. The molecule has 10 heteroatoms. The Balaban J connectivity index is 1.39. The van der Waals surface area contributed by atoms with Gasteiger partial charge in [0.25, 0.3) is 11.6 Å². The Morgan fingerprint density at radius 2 is 1.93 bits per heavy atom. The van der Waals surface area contributed by atoms with Gasteiger partial charge in [0, 0.05) is 24.9 Å². The van der Waals surface area contributed by atoms with Crippen molar-refractivity contribution in [2.45, 2.75) is 6.54 Å². The molecule has 0 aliphatic carbocycles. The summed E-state index contributed by atoms with van der Waals surface area (Å²) in [6, 6.07) is 10.0. The second kappa shape index (κ2) is 9.88. The summed E-state index contributed by atoms with van der Waals surface area (Å²) >= 11 is 0. The van der Waals surface area contributed by atoms with Crippen molar-refractivity contribution in [3.8, 4) is 0 Å². The molecule has 3 rings (SSSR count). The van der Waals surface area contributed by atoms with E-state index < -0.39 is 4.92 Å². The van der Waals surface area contributed by atoms with Crippen molar-refractivity contribution < 1.29 is 23.8 Å². The van der Waals surface area contributed by atoms with Crippen LogP contribution in [0.15, 0.2) is 47.1 Å². The van der Waals surface area contributed by atoms with Crippen molar-refractivity contribution >= 4 is 23.2 Å². The summed E-state index contributed by atoms with van der Waals surface area (Å²) in [4.78, 5) is 39.6. The molecule has 1 fully saturated rings. The number of likely N-dealkylation sites (N-methyl/N-ethyl adjacent to an activating group) is 1. The first-order chi connectivity index (χ1) is 14.4. The summed E-state index contributed by atoms with van der Waals surface area (Å²) in [6.45, 7) is 3.70. The fraction of sp³-hybridized carbons (Fsp3) is 0.400. The summed E-state index contributed by atoms with van der Waals surface area (Å²) in [7, 11) is 1.63. The maximum absolute atomic E-state index is 12.5. The number of hydrogen-bond donors (Lipinski definition) is 2. The van der Waals surface area contributed by atoms with E-state index in [4.69, 9.17) is 4.42 Å². The van der Waals surface area contributed by atoms with Gasteiger partial charge in [-0.2, -0.15) is 0 Å². The molecule has 0 bridgehead atoms. The van der Waals surface area contributed by atoms with Gasteiger partial charge < -0.3 is 24.4 Å². The van der Waals surface area contributed by atoms with Gasteiger partial charge in [-0.05, 0) is 24.3 Å². The van der Waals surface area contributed by atoms with E-state index in [2.05, 4.69) is 10.2 Å². The first-order valence-corrected chi connectivity index (χ1v) is 9.78. The van der Waals surface area contributed by atoms with Crippen LogP contribution in [0.1, 0.15) is 5.76 Å². The first-order valence-electron chi connectivity index (χ1n) is 9.78. The van der Waals surface area contributed by atoms with Gasteiger partial charge in [0.1, 0.15) is 5.76 Å². The number of carbonyl (C=O) groups excluding carboxylic acids is 2. The van der Waals surface area contributed by atoms with Gasteiger partial charge in [-0.15, -0.1) is 0 Å². The zero-order valence-corrected chi connectivity index (χ0v) is 16.9. The largest absolute Gasteiger partial charge is 0.467 e. The Bertz CT molecular complexity index is 860. The predicted molar refractivity (Wildman–Crippen MR) is 109 cm³/mol. The van der Waals surface area contributed by atoms with Crippen molar-refractivity contribution in [1.82, 2.24) is 10.2 Å². The number of nitro benzene ring substituents is 1. The summed E-state index contributed by atoms with van der Waals surface area (Å²) in [5.74, 6) is 0.342. The number of amides is 2. The normalized spacial score (nSPS) is 14.4. The molecule has 1 aliphatic heterocycles. The first kappa shape index (κ1) is 21.3. The Kier molecular flexibility index (Phi) is 7.02. The maximum Gasteiger partial charge on any atom is 0.277 e. The lowest BCUT2D eigenvalue weighted by atomic mass is 10.2. The SMILES string of the molecule is CN(CC(=O)NCc1ccco1)C(=O)C[NH+]1CCN(c2ccc([N+](=O)[O-])cc2)CC1. The van der Waals surface area contributed by atoms with Crippen LogP contribution in [-0.2, 0) is 16.1 Å². The lowest BCUT2D eigenvalue weighted by Gasteiger charge is -2.33. The number of quaternary nitrogens is 1. The minimum Gasteiger partial charge on any atom is -0.467 e. The van der Waals surface area contributed by atoms with E-state index >= 15 is 0 Å². The lowest BCUT2D eigenvalue weighted by Crippen LogP contribution is -3.15. The van der Waals surface area contributed by atoms with Crippen LogP contribution in [0.5, 0.6) is 0 Å². The fourth-order valence-electron chi connectivity index (χ4n) is 3.35. The van der Waals surface area contributed by atoms with Gasteiger partial charge in [0.05, 0.1) is 50.5 Å². The number of hydrogen-bond acceptors (Lipinski definition) is 6. The molecule has 0 spiro atoms. The summed E-state index contributed by atoms with van der Waals surface area (Å²) < 4.78 is 5.16. The van der Waals surface area contributed by atoms with Crippen molar-refractivity contribution in [1.29, 1.82) is 0 Å². The second-order valence-corrected chi connectivity index (χ2v) is 7.29. The monoisotopic (exact) mass is 416 g/mol. The fourth-order valence-corrected chi connectivity index (χ4v) is 3.35. The highest BCUT2D eigenvalue weighted by Crippen LogP contribution is 2.19. The molecular weight excluding hydrogens is 390 g/mol. The molecule has 0 saturated carbocycles. The van der Waals surface area contributed by atoms with Gasteiger partial charge in [-0.1, -0.05) is 0 Å². The molecule has 0 unspecified atom stereocenters. The number of nitro groups is 1. The number of piperazine rings is 1. The molecule has 2 N–H and O–H groups in total. The van der Waals surface area contributed by atoms with Gasteiger partial charge in [-0.3, -0.25) is 19.7 Å². The third-order valence-corrected chi connectivity index (χ3v) is 5.14. The molecule has 2 heterocycles. The van der Waals surface area contributed by atoms with Crippen molar-refractivity contribution in [2.75, 3.05) is 51.2 Å². The molecule has 1 aromatic heterocycles. The number of benzene rings is 1. The van der Waals surface area contributed by atoms with E-state index in [0.717, 1.165) is 36.8 Å². The molecule has 0 atom stereocenters. The van der Waals surface area contributed by atoms with Crippen molar-refractivity contribution in [3.05, 3.63) is 58.5 Å². The Morgan fingerprint density at radius 3 is 2.53 bits per heavy atom. The zero-order chi connectivity index (χ0) is 21.5. The number of rotatable bonds is 8. The minimum atomic E-state index is -0.411. The highest BCUT2D eigenvalue weighted by atomic mass is 16.6. The van der Waals surface area contributed by atoms with Crippen LogP contribution < -0.4 is 15.1 Å². The topological polar surface area (TPSA) is 113 Å². The number of furan rings is 1. The van der Waals surface area contributed by atoms with Crippen LogP contribution in [0, 0.1) is 10.1 Å². The highest BCUT2D eigenvalue weighted by Gasteiger charge is 2.24. The van der Waals surface area contributed by atoms with E-state index in [9.17, 15) is 19.7 Å². The van der Waals surface area contributed by atoms with Crippen molar-refractivity contribution in [3.63, 3.8) is 0 Å². The molecule has 0 radical (unpaired) electrons. The van der Waals surface area contributed by atoms with Crippen LogP contribution in [0.2, 0.25) is 0 Å². The van der Waals surface area contributed by atoms with E-state index in [0.29, 0.717) is 18.8 Å². The number of non-ortho nitro benzene ring substituents is 1. The van der Waals surface area contributed by atoms with E-state index in [1.807, 2.05) is 0 Å². The predicted octanol–water partition coefficient (Wildman–Crippen LogP) is -0.332. The molecule has 30 heavy (non-hydrogen) atoms. The second-order valence-electron chi connectivity index (χ2n) is 7.29. The molecular formula is C20H26N5O5+. The van der Waals surface area contributed by atoms with Gasteiger partial charge in [0.2, 0.25) is 5.91 Å². The van der Waals surface area contributed by atoms with E-state index in [1.165, 1.54) is 17.0 Å². The zero-order valence-electron chi connectivity index (χ0n) is 16.9. The Hall–Kier alpha value is -3.40. The number of nitrogens with zero attached hydrogens (tertiary/aromatic N) is 3. The molecule has 160 valence electrons. The van der Waals surface area contributed by atoms with E-state index in [-0.39, 0.29) is 24.0 Å². The Morgan fingerprint density at radius 1 is 1.23 bits per heavy atom. The average molecular weight is 416 g/mol. The summed E-state index contributed by atoms with van der Waals surface area (Å²) in [5, 5.41) is 13.5. The van der Waals surface area contributed by atoms with Crippen LogP contribution in [-0.4, -0.2) is 68.0 Å². The molecule has 2 aromatic rings. The molecule has 10 nitrogen and oxygen atoms in total. The maximum atomic E-state index is 12.5. The number of anilines is 1. The van der Waals surface area contributed by atoms with E-state index in [1.54, 1.807) is 37.6 Å². The van der Waals surface area contributed by atoms with Crippen LogP contribution in [0.25, 0.3) is 0 Å². The van der Waals surface area contributed by atoms with Crippen LogP contribution >= 0.6 is 0 Å². The third kappa shape index (κ3) is 5.80. The molecule has 1 aromatic carbocycles. The minimum absolute atomic E-state index is 0.00173. The number of nitrogens with one attached hydrogen (secondary N) is 2.